The maximum absolute atomic E-state index is 13.7. The number of halogens is 2. The summed E-state index contributed by atoms with van der Waals surface area (Å²) in [7, 11) is 3.60. The third kappa shape index (κ3) is 4.73. The molecule has 0 atom stereocenters. The molecule has 1 amide bonds. The van der Waals surface area contributed by atoms with Crippen molar-refractivity contribution < 1.29 is 13.6 Å². The van der Waals surface area contributed by atoms with Crippen LogP contribution in [0.2, 0.25) is 0 Å². The summed E-state index contributed by atoms with van der Waals surface area (Å²) in [5, 5.41) is 6.89. The summed E-state index contributed by atoms with van der Waals surface area (Å²) in [6.45, 7) is 0. The molecule has 0 saturated heterocycles. The summed E-state index contributed by atoms with van der Waals surface area (Å²) in [4.78, 5) is 23.0. The molecule has 1 saturated carbocycles. The molecule has 1 aromatic heterocycles. The second-order valence-electron chi connectivity index (χ2n) is 8.08. The average molecular weight is 425 g/mol. The fourth-order valence-electron chi connectivity index (χ4n) is 3.94. The Bertz CT molecular complexity index is 1080. The first-order valence-electron chi connectivity index (χ1n) is 10.4. The van der Waals surface area contributed by atoms with Gasteiger partial charge in [-0.3, -0.25) is 4.79 Å². The predicted molar refractivity (Wildman–Crippen MR) is 117 cm³/mol. The molecule has 4 rings (SSSR count). The number of benzene rings is 2. The number of rotatable bonds is 5. The minimum absolute atomic E-state index is 0.0558. The summed E-state index contributed by atoms with van der Waals surface area (Å²) < 4.78 is 27.4. The quantitative estimate of drug-likeness (QED) is 0.643. The zero-order chi connectivity index (χ0) is 22.0. The number of carbonyl (C=O) groups is 1. The summed E-state index contributed by atoms with van der Waals surface area (Å²) in [5.74, 6) is -0.999. The van der Waals surface area contributed by atoms with Crippen molar-refractivity contribution in [3.05, 3.63) is 59.7 Å². The van der Waals surface area contributed by atoms with Gasteiger partial charge in [0.15, 0.2) is 11.6 Å². The maximum Gasteiger partial charge on any atom is 0.251 e. The first-order chi connectivity index (χ1) is 14.9. The van der Waals surface area contributed by atoms with Crippen molar-refractivity contribution in [2.45, 2.75) is 37.8 Å². The van der Waals surface area contributed by atoms with Crippen molar-refractivity contribution in [2.75, 3.05) is 24.3 Å². The predicted octanol–water partition coefficient (Wildman–Crippen LogP) is 4.13. The van der Waals surface area contributed by atoms with Crippen molar-refractivity contribution in [1.29, 1.82) is 0 Å². The first-order valence-corrected chi connectivity index (χ1v) is 10.4. The van der Waals surface area contributed by atoms with Crippen LogP contribution in [0, 0.1) is 11.6 Å². The number of anilines is 2. The monoisotopic (exact) mass is 425 g/mol. The van der Waals surface area contributed by atoms with Gasteiger partial charge in [-0.2, -0.15) is 4.98 Å². The summed E-state index contributed by atoms with van der Waals surface area (Å²) in [5.41, 5.74) is 1.01. The zero-order valence-electron chi connectivity index (χ0n) is 17.5. The number of nitrogens with zero attached hydrogens (tertiary/aromatic N) is 3. The van der Waals surface area contributed by atoms with Gasteiger partial charge in [0.05, 0.1) is 5.52 Å². The molecule has 1 fully saturated rings. The molecule has 162 valence electrons. The summed E-state index contributed by atoms with van der Waals surface area (Å²) in [6, 6.07) is 11.7. The summed E-state index contributed by atoms with van der Waals surface area (Å²) in [6.07, 6.45) is 3.36. The Labute approximate surface area is 179 Å². The molecule has 1 heterocycles. The lowest BCUT2D eigenvalue weighted by molar-refractivity contribution is 0.0926. The first kappa shape index (κ1) is 21.0. The van der Waals surface area contributed by atoms with Gasteiger partial charge in [0, 0.05) is 43.2 Å². The molecule has 0 radical (unpaired) electrons. The van der Waals surface area contributed by atoms with Gasteiger partial charge in [-0.1, -0.05) is 18.2 Å². The smallest absolute Gasteiger partial charge is 0.251 e. The van der Waals surface area contributed by atoms with Gasteiger partial charge < -0.3 is 15.5 Å². The Morgan fingerprint density at radius 1 is 0.968 bits per heavy atom. The Morgan fingerprint density at radius 2 is 1.61 bits per heavy atom. The number of aromatic nitrogens is 2. The molecule has 2 N–H and O–H groups in total. The Hall–Kier alpha value is -3.29. The van der Waals surface area contributed by atoms with Crippen LogP contribution in [-0.4, -0.2) is 42.1 Å². The van der Waals surface area contributed by atoms with Crippen LogP contribution in [0.5, 0.6) is 0 Å². The molecular weight excluding hydrogens is 400 g/mol. The minimum atomic E-state index is -0.934. The molecule has 6 nitrogen and oxygen atoms in total. The highest BCUT2D eigenvalue weighted by atomic mass is 19.2. The molecule has 0 aliphatic heterocycles. The van der Waals surface area contributed by atoms with E-state index in [0.29, 0.717) is 28.2 Å². The molecular formula is C23H25F2N5O. The van der Waals surface area contributed by atoms with E-state index >= 15 is 0 Å². The topological polar surface area (TPSA) is 70.2 Å². The lowest BCUT2D eigenvalue weighted by Gasteiger charge is -2.30. The number of fused-ring (bicyclic) bond motifs is 1. The van der Waals surface area contributed by atoms with Crippen LogP contribution in [-0.2, 0) is 0 Å². The molecule has 1 aliphatic carbocycles. The van der Waals surface area contributed by atoms with Gasteiger partial charge in [-0.05, 0) is 43.9 Å². The average Bonchev–Trinajstić information content (AvgIpc) is 2.76. The fraction of sp³-hybridized carbons (Fsp3) is 0.348. The van der Waals surface area contributed by atoms with Crippen LogP contribution < -0.4 is 15.5 Å². The fourth-order valence-corrected chi connectivity index (χ4v) is 3.94. The molecule has 0 spiro atoms. The Kier molecular flexibility index (Phi) is 5.97. The van der Waals surface area contributed by atoms with Gasteiger partial charge in [0.25, 0.3) is 5.91 Å². The van der Waals surface area contributed by atoms with E-state index in [9.17, 15) is 13.6 Å². The van der Waals surface area contributed by atoms with Crippen molar-refractivity contribution >= 4 is 28.6 Å². The van der Waals surface area contributed by atoms with Crippen molar-refractivity contribution in [1.82, 2.24) is 15.3 Å². The van der Waals surface area contributed by atoms with Crippen LogP contribution >= 0.6 is 0 Å². The second-order valence-corrected chi connectivity index (χ2v) is 8.08. The maximum atomic E-state index is 13.7. The van der Waals surface area contributed by atoms with E-state index in [1.165, 1.54) is 0 Å². The second kappa shape index (κ2) is 8.83. The van der Waals surface area contributed by atoms with Crippen LogP contribution in [0.15, 0.2) is 42.5 Å². The molecule has 1 aliphatic rings. The van der Waals surface area contributed by atoms with E-state index in [-0.39, 0.29) is 18.0 Å². The number of carbonyl (C=O) groups excluding carboxylic acids is 1. The van der Waals surface area contributed by atoms with E-state index in [2.05, 4.69) is 20.6 Å². The molecule has 0 unspecified atom stereocenters. The highest BCUT2D eigenvalue weighted by molar-refractivity contribution is 5.94. The van der Waals surface area contributed by atoms with Crippen molar-refractivity contribution in [2.24, 2.45) is 0 Å². The Morgan fingerprint density at radius 3 is 2.29 bits per heavy atom. The minimum Gasteiger partial charge on any atom is -0.362 e. The van der Waals surface area contributed by atoms with Gasteiger partial charge in [0.2, 0.25) is 5.95 Å². The van der Waals surface area contributed by atoms with E-state index in [0.717, 1.165) is 37.8 Å². The van der Waals surface area contributed by atoms with Gasteiger partial charge in [-0.15, -0.1) is 0 Å². The highest BCUT2D eigenvalue weighted by Crippen LogP contribution is 2.28. The number of hydrogen-bond donors (Lipinski definition) is 2. The molecule has 2 aromatic carbocycles. The van der Waals surface area contributed by atoms with Gasteiger partial charge in [-0.25, -0.2) is 13.8 Å². The third-order valence-electron chi connectivity index (χ3n) is 5.57. The van der Waals surface area contributed by atoms with Crippen LogP contribution in [0.1, 0.15) is 36.0 Å². The van der Waals surface area contributed by atoms with Crippen LogP contribution in [0.3, 0.4) is 0 Å². The summed E-state index contributed by atoms with van der Waals surface area (Å²) >= 11 is 0. The van der Waals surface area contributed by atoms with Gasteiger partial charge >= 0.3 is 0 Å². The lowest BCUT2D eigenvalue weighted by atomic mass is 9.91. The molecule has 8 heteroatoms. The number of amides is 1. The van der Waals surface area contributed by atoms with Crippen molar-refractivity contribution in [3.63, 3.8) is 0 Å². The largest absolute Gasteiger partial charge is 0.362 e. The van der Waals surface area contributed by atoms with Crippen LogP contribution in [0.25, 0.3) is 10.9 Å². The molecule has 3 aromatic rings. The standard InChI is InChI=1S/C23H25F2N5O/c1-30(2)21-17-12-18(24)19(25)13-20(17)28-23(29-21)27-16-10-8-15(9-11-16)26-22(31)14-6-4-3-5-7-14/h3-7,12-13,15-16H,8-11H2,1-2H3,(H,26,31)(H,27,28,29)/t15-,16+. The van der Waals surface area contributed by atoms with E-state index in [4.69, 9.17) is 0 Å². The molecule has 31 heavy (non-hydrogen) atoms. The van der Waals surface area contributed by atoms with Crippen LogP contribution in [0.4, 0.5) is 20.5 Å². The molecule has 0 bridgehead atoms. The van der Waals surface area contributed by atoms with E-state index in [1.54, 1.807) is 31.1 Å². The van der Waals surface area contributed by atoms with E-state index < -0.39 is 11.6 Å². The SMILES string of the molecule is CN(C)c1nc(N[C@H]2CC[C@@H](NC(=O)c3ccccc3)CC2)nc2cc(F)c(F)cc12. The Balaban J connectivity index is 1.42. The normalized spacial score (nSPS) is 18.6. The third-order valence-corrected chi connectivity index (χ3v) is 5.57. The van der Waals surface area contributed by atoms with Crippen molar-refractivity contribution in [3.8, 4) is 0 Å². The van der Waals surface area contributed by atoms with E-state index in [1.807, 2.05) is 18.2 Å². The zero-order valence-corrected chi connectivity index (χ0v) is 17.5. The van der Waals surface area contributed by atoms with Gasteiger partial charge in [0.1, 0.15) is 5.82 Å². The highest BCUT2D eigenvalue weighted by Gasteiger charge is 2.24. The number of nitrogens with one attached hydrogen (secondary N) is 2. The number of hydrogen-bond acceptors (Lipinski definition) is 5. The lowest BCUT2D eigenvalue weighted by Crippen LogP contribution is -2.40.